The molecule has 2 aliphatic rings. The van der Waals surface area contributed by atoms with E-state index >= 15 is 0 Å². The summed E-state index contributed by atoms with van der Waals surface area (Å²) >= 11 is 0. The van der Waals surface area contributed by atoms with E-state index in [1.807, 2.05) is 29.2 Å². The molecule has 4 nitrogen and oxygen atoms in total. The molecule has 4 heteroatoms. The number of fused-ring (bicyclic) bond motifs is 1. The topological polar surface area (TPSA) is 41.6 Å². The Morgan fingerprint density at radius 1 is 1.12 bits per heavy atom. The van der Waals surface area contributed by atoms with Gasteiger partial charge in [-0.25, -0.2) is 4.79 Å². The van der Waals surface area contributed by atoms with Gasteiger partial charge in [0.25, 0.3) is 0 Å². The molecular weight excluding hydrogens is 324 g/mol. The Balaban J connectivity index is 1.52. The Bertz CT molecular complexity index is 769. The van der Waals surface area contributed by atoms with Crippen molar-refractivity contribution in [3.8, 4) is 0 Å². The number of nitrogens with one attached hydrogen (secondary N) is 1. The lowest BCUT2D eigenvalue weighted by molar-refractivity contribution is 0.0507. The fourth-order valence-corrected chi connectivity index (χ4v) is 4.33. The van der Waals surface area contributed by atoms with Crippen LogP contribution in [0.1, 0.15) is 30.9 Å². The van der Waals surface area contributed by atoms with Crippen LogP contribution in [0, 0.1) is 0 Å². The summed E-state index contributed by atoms with van der Waals surface area (Å²) in [4.78, 5) is 14.9. The number of hydrogen-bond acceptors (Lipinski definition) is 2. The molecule has 2 aliphatic heterocycles. The second kappa shape index (κ2) is 7.12. The lowest BCUT2D eigenvalue weighted by Gasteiger charge is -2.38. The summed E-state index contributed by atoms with van der Waals surface area (Å²) in [5.74, 6) is 0. The monoisotopic (exact) mass is 350 g/mol. The van der Waals surface area contributed by atoms with Crippen molar-refractivity contribution < 1.29 is 9.53 Å². The Morgan fingerprint density at radius 3 is 2.58 bits per heavy atom. The first kappa shape index (κ1) is 17.1. The quantitative estimate of drug-likeness (QED) is 0.912. The van der Waals surface area contributed by atoms with Crippen molar-refractivity contribution in [1.82, 2.24) is 5.32 Å². The molecule has 2 aromatic rings. The molecule has 0 aromatic heterocycles. The number of nitrogens with zero attached hydrogens (tertiary/aromatic N) is 1. The van der Waals surface area contributed by atoms with Crippen LogP contribution in [0.15, 0.2) is 54.6 Å². The highest BCUT2D eigenvalue weighted by Crippen LogP contribution is 2.35. The zero-order valence-electron chi connectivity index (χ0n) is 15.3. The SMILES string of the molecule is CC1Cc2ccccc2N1C(=O)NCC1(c2ccccc2)CCOCC1. The van der Waals surface area contributed by atoms with Gasteiger partial charge in [-0.05, 0) is 43.4 Å². The average Bonchev–Trinajstić information content (AvgIpc) is 3.03. The first-order chi connectivity index (χ1) is 12.7. The van der Waals surface area contributed by atoms with Crippen LogP contribution in [0.2, 0.25) is 0 Å². The van der Waals surface area contributed by atoms with Gasteiger partial charge in [0.15, 0.2) is 0 Å². The molecule has 2 heterocycles. The smallest absolute Gasteiger partial charge is 0.322 e. The number of ether oxygens (including phenoxy) is 1. The van der Waals surface area contributed by atoms with E-state index in [-0.39, 0.29) is 17.5 Å². The maximum Gasteiger partial charge on any atom is 0.322 e. The van der Waals surface area contributed by atoms with E-state index in [9.17, 15) is 4.79 Å². The average molecular weight is 350 g/mol. The summed E-state index contributed by atoms with van der Waals surface area (Å²) in [5, 5.41) is 3.24. The summed E-state index contributed by atoms with van der Waals surface area (Å²) in [7, 11) is 0. The fraction of sp³-hybridized carbons (Fsp3) is 0.409. The second-order valence-corrected chi connectivity index (χ2v) is 7.47. The standard InChI is InChI=1S/C22H26N2O2/c1-17-15-18-7-5-6-10-20(18)24(17)21(25)23-16-22(11-13-26-14-12-22)19-8-3-2-4-9-19/h2-10,17H,11-16H2,1H3,(H,23,25). The largest absolute Gasteiger partial charge is 0.381 e. The Labute approximate surface area is 155 Å². The highest BCUT2D eigenvalue weighted by Gasteiger charge is 2.36. The van der Waals surface area contributed by atoms with Gasteiger partial charge in [-0.2, -0.15) is 0 Å². The molecule has 2 aromatic carbocycles. The van der Waals surface area contributed by atoms with Crippen molar-refractivity contribution in [2.45, 2.75) is 37.6 Å². The van der Waals surface area contributed by atoms with Crippen LogP contribution in [0.3, 0.4) is 0 Å². The number of para-hydroxylation sites is 1. The van der Waals surface area contributed by atoms with Gasteiger partial charge < -0.3 is 10.1 Å². The number of anilines is 1. The first-order valence-corrected chi connectivity index (χ1v) is 9.48. The molecule has 2 amide bonds. The lowest BCUT2D eigenvalue weighted by Crippen LogP contribution is -2.50. The van der Waals surface area contributed by atoms with Gasteiger partial charge >= 0.3 is 6.03 Å². The van der Waals surface area contributed by atoms with Crippen LogP contribution in [0.5, 0.6) is 0 Å². The number of benzene rings is 2. The zero-order valence-corrected chi connectivity index (χ0v) is 15.3. The lowest BCUT2D eigenvalue weighted by atomic mass is 9.74. The molecule has 26 heavy (non-hydrogen) atoms. The minimum absolute atomic E-state index is 0.00393. The molecule has 0 saturated carbocycles. The van der Waals surface area contributed by atoms with E-state index in [1.165, 1.54) is 11.1 Å². The Kier molecular flexibility index (Phi) is 4.68. The Hall–Kier alpha value is -2.33. The van der Waals surface area contributed by atoms with E-state index < -0.39 is 0 Å². The molecule has 0 bridgehead atoms. The van der Waals surface area contributed by atoms with Crippen LogP contribution in [-0.2, 0) is 16.6 Å². The van der Waals surface area contributed by atoms with Crippen molar-refractivity contribution in [3.63, 3.8) is 0 Å². The van der Waals surface area contributed by atoms with Crippen LogP contribution in [-0.4, -0.2) is 31.8 Å². The van der Waals surface area contributed by atoms with Crippen molar-refractivity contribution in [2.75, 3.05) is 24.7 Å². The molecule has 0 spiro atoms. The predicted molar refractivity (Wildman–Crippen MR) is 104 cm³/mol. The van der Waals surface area contributed by atoms with Gasteiger partial charge in [0.2, 0.25) is 0 Å². The summed E-state index contributed by atoms with van der Waals surface area (Å²) < 4.78 is 5.59. The number of carbonyl (C=O) groups is 1. The zero-order chi connectivity index (χ0) is 18.0. The van der Waals surface area contributed by atoms with Gasteiger partial charge in [0.1, 0.15) is 0 Å². The van der Waals surface area contributed by atoms with E-state index in [4.69, 9.17) is 4.74 Å². The maximum absolute atomic E-state index is 13.0. The van der Waals surface area contributed by atoms with Gasteiger partial charge in [-0.3, -0.25) is 4.90 Å². The first-order valence-electron chi connectivity index (χ1n) is 9.48. The minimum atomic E-state index is -0.0440. The van der Waals surface area contributed by atoms with E-state index in [0.29, 0.717) is 6.54 Å². The third-order valence-corrected chi connectivity index (χ3v) is 5.84. The van der Waals surface area contributed by atoms with Gasteiger partial charge in [0.05, 0.1) is 0 Å². The van der Waals surface area contributed by atoms with E-state index in [2.05, 4.69) is 42.6 Å². The summed E-state index contributed by atoms with van der Waals surface area (Å²) in [6.45, 7) is 4.24. The van der Waals surface area contributed by atoms with Crippen LogP contribution in [0.25, 0.3) is 0 Å². The highest BCUT2D eigenvalue weighted by atomic mass is 16.5. The molecular formula is C22H26N2O2. The molecule has 1 saturated heterocycles. The number of urea groups is 1. The third-order valence-electron chi connectivity index (χ3n) is 5.84. The van der Waals surface area contributed by atoms with Crippen molar-refractivity contribution in [2.24, 2.45) is 0 Å². The van der Waals surface area contributed by atoms with Gasteiger partial charge in [-0.1, -0.05) is 48.5 Å². The van der Waals surface area contributed by atoms with Gasteiger partial charge in [-0.15, -0.1) is 0 Å². The molecule has 1 atom stereocenters. The Morgan fingerprint density at radius 2 is 1.81 bits per heavy atom. The molecule has 1 N–H and O–H groups in total. The molecule has 0 aliphatic carbocycles. The predicted octanol–water partition coefficient (Wildman–Crippen LogP) is 3.90. The number of hydrogen-bond donors (Lipinski definition) is 1. The fourth-order valence-electron chi connectivity index (χ4n) is 4.33. The van der Waals surface area contributed by atoms with Crippen LogP contribution >= 0.6 is 0 Å². The highest BCUT2D eigenvalue weighted by molar-refractivity contribution is 5.95. The summed E-state index contributed by atoms with van der Waals surface area (Å²) in [6.07, 6.45) is 2.79. The number of carbonyl (C=O) groups excluding carboxylic acids is 1. The molecule has 1 fully saturated rings. The van der Waals surface area contributed by atoms with Crippen molar-refractivity contribution in [3.05, 3.63) is 65.7 Å². The van der Waals surface area contributed by atoms with Crippen LogP contribution in [0.4, 0.5) is 10.5 Å². The van der Waals surface area contributed by atoms with Crippen LogP contribution < -0.4 is 10.2 Å². The number of rotatable bonds is 3. The van der Waals surface area contributed by atoms with E-state index in [0.717, 1.165) is 38.2 Å². The van der Waals surface area contributed by atoms with Crippen molar-refractivity contribution in [1.29, 1.82) is 0 Å². The normalized spacial score (nSPS) is 21.3. The molecule has 4 rings (SSSR count). The van der Waals surface area contributed by atoms with E-state index in [1.54, 1.807) is 0 Å². The summed E-state index contributed by atoms with van der Waals surface area (Å²) in [5.41, 5.74) is 3.54. The minimum Gasteiger partial charge on any atom is -0.381 e. The maximum atomic E-state index is 13.0. The van der Waals surface area contributed by atoms with Crippen molar-refractivity contribution >= 4 is 11.7 Å². The summed E-state index contributed by atoms with van der Waals surface area (Å²) in [6, 6.07) is 18.9. The molecule has 0 radical (unpaired) electrons. The second-order valence-electron chi connectivity index (χ2n) is 7.47. The molecule has 1 unspecified atom stereocenters. The third kappa shape index (κ3) is 3.10. The van der Waals surface area contributed by atoms with Gasteiger partial charge in [0, 0.05) is 36.9 Å². The molecule has 136 valence electrons. The number of amides is 2.